The van der Waals surface area contributed by atoms with E-state index in [1.54, 1.807) is 0 Å². The molecule has 0 fully saturated rings. The number of aromatic nitrogens is 1. The molecule has 0 radical (unpaired) electrons. The van der Waals surface area contributed by atoms with E-state index in [0.29, 0.717) is 0 Å². The van der Waals surface area contributed by atoms with Gasteiger partial charge in [-0.05, 0) is 63.7 Å². The third kappa shape index (κ3) is 4.42. The highest BCUT2D eigenvalue weighted by Gasteiger charge is 2.44. The normalized spacial score (nSPS) is 15.9. The van der Waals surface area contributed by atoms with Crippen molar-refractivity contribution in [2.24, 2.45) is 0 Å². The summed E-state index contributed by atoms with van der Waals surface area (Å²) in [6.45, 7) is 0. The summed E-state index contributed by atoms with van der Waals surface area (Å²) in [6.07, 6.45) is 4.83. The van der Waals surface area contributed by atoms with Gasteiger partial charge in [-0.25, -0.2) is 0 Å². The minimum atomic E-state index is 0.143. The molecule has 2 atom stereocenters. The second-order valence-corrected chi connectivity index (χ2v) is 13.3. The maximum atomic E-state index is 2.58. The Balaban J connectivity index is 1.15. The van der Waals surface area contributed by atoms with Crippen molar-refractivity contribution in [3.8, 4) is 39.1 Å². The van der Waals surface area contributed by atoms with E-state index in [4.69, 9.17) is 0 Å². The standard InChI is InChI=1S/C48H34N2/c1-3-15-33(16-4-1)34-27-29-36(30-28-34)38-20-8-12-24-42(38)50-44-26-14-10-22-40(44)48-46(50)32-31-45-47(48)39-21-9-13-25-43(39)49(45)41-23-11-7-19-37(41)35-17-5-2-6-18-35/h1-32,45,47H. The molecule has 1 aliphatic heterocycles. The van der Waals surface area contributed by atoms with Crippen molar-refractivity contribution >= 4 is 28.4 Å². The predicted octanol–water partition coefficient (Wildman–Crippen LogP) is 12.3. The molecule has 0 saturated heterocycles. The van der Waals surface area contributed by atoms with E-state index in [1.807, 2.05) is 0 Å². The molecule has 236 valence electrons. The first-order valence-electron chi connectivity index (χ1n) is 17.4. The summed E-state index contributed by atoms with van der Waals surface area (Å²) in [4.78, 5) is 2.58. The van der Waals surface area contributed by atoms with Crippen molar-refractivity contribution in [2.75, 3.05) is 4.90 Å². The van der Waals surface area contributed by atoms with Crippen molar-refractivity contribution in [3.63, 3.8) is 0 Å². The number of nitrogens with zero attached hydrogens (tertiary/aromatic N) is 2. The maximum Gasteiger partial charge on any atom is 0.0637 e. The van der Waals surface area contributed by atoms with E-state index in [-0.39, 0.29) is 12.0 Å². The molecule has 2 nitrogen and oxygen atoms in total. The monoisotopic (exact) mass is 638 g/mol. The number of para-hydroxylation sites is 4. The van der Waals surface area contributed by atoms with Gasteiger partial charge in [-0.2, -0.15) is 0 Å². The molecule has 2 unspecified atom stereocenters. The summed E-state index contributed by atoms with van der Waals surface area (Å²) in [7, 11) is 0. The van der Waals surface area contributed by atoms with Crippen LogP contribution in [0.25, 0.3) is 56.0 Å². The lowest BCUT2D eigenvalue weighted by atomic mass is 9.82. The van der Waals surface area contributed by atoms with Crippen molar-refractivity contribution in [2.45, 2.75) is 12.0 Å². The summed E-state index contributed by atoms with van der Waals surface area (Å²) >= 11 is 0. The highest BCUT2D eigenvalue weighted by molar-refractivity contribution is 5.96. The molecule has 2 aliphatic rings. The van der Waals surface area contributed by atoms with E-state index in [9.17, 15) is 0 Å². The van der Waals surface area contributed by atoms with Gasteiger partial charge in [-0.15, -0.1) is 0 Å². The fourth-order valence-electron chi connectivity index (χ4n) is 8.43. The summed E-state index contributed by atoms with van der Waals surface area (Å²) in [6, 6.07) is 66.3. The average molecular weight is 639 g/mol. The Labute approximate surface area is 292 Å². The predicted molar refractivity (Wildman–Crippen MR) is 209 cm³/mol. The van der Waals surface area contributed by atoms with Gasteiger partial charge in [0.05, 0.1) is 22.9 Å². The van der Waals surface area contributed by atoms with Gasteiger partial charge in [-0.3, -0.25) is 0 Å². The zero-order valence-electron chi connectivity index (χ0n) is 27.5. The molecule has 7 aromatic carbocycles. The Kier molecular flexibility index (Phi) is 6.67. The van der Waals surface area contributed by atoms with E-state index in [2.05, 4.69) is 204 Å². The Bertz CT molecular complexity index is 2540. The Hall–Kier alpha value is -6.38. The van der Waals surface area contributed by atoms with Crippen LogP contribution >= 0.6 is 0 Å². The molecule has 50 heavy (non-hydrogen) atoms. The van der Waals surface area contributed by atoms with Gasteiger partial charge in [0.2, 0.25) is 0 Å². The third-order valence-electron chi connectivity index (χ3n) is 10.6. The fraction of sp³-hybridized carbons (Fsp3) is 0.0417. The molecule has 0 N–H and O–H groups in total. The molecular weight excluding hydrogens is 605 g/mol. The minimum Gasteiger partial charge on any atom is -0.333 e. The molecule has 2 heteroatoms. The van der Waals surface area contributed by atoms with Gasteiger partial charge in [0.15, 0.2) is 0 Å². The number of fused-ring (bicyclic) bond motifs is 7. The third-order valence-corrected chi connectivity index (χ3v) is 10.6. The Morgan fingerprint density at radius 2 is 0.920 bits per heavy atom. The van der Waals surface area contributed by atoms with Crippen LogP contribution in [0.15, 0.2) is 188 Å². The Morgan fingerprint density at radius 1 is 0.400 bits per heavy atom. The Morgan fingerprint density at radius 3 is 1.68 bits per heavy atom. The lowest BCUT2D eigenvalue weighted by Gasteiger charge is -2.32. The smallest absolute Gasteiger partial charge is 0.0637 e. The maximum absolute atomic E-state index is 2.58. The van der Waals surface area contributed by atoms with Crippen molar-refractivity contribution in [3.05, 3.63) is 205 Å². The van der Waals surface area contributed by atoms with Gasteiger partial charge in [-0.1, -0.05) is 164 Å². The van der Waals surface area contributed by atoms with Crippen LogP contribution in [0.3, 0.4) is 0 Å². The van der Waals surface area contributed by atoms with Crippen LogP contribution in [0.5, 0.6) is 0 Å². The molecule has 8 aromatic rings. The number of hydrogen-bond donors (Lipinski definition) is 0. The zero-order chi connectivity index (χ0) is 33.0. The molecule has 0 amide bonds. The van der Waals surface area contributed by atoms with Gasteiger partial charge in [0, 0.05) is 33.8 Å². The van der Waals surface area contributed by atoms with E-state index in [1.165, 1.54) is 78.2 Å². The molecule has 10 rings (SSSR count). The molecule has 1 aliphatic carbocycles. The van der Waals surface area contributed by atoms with Gasteiger partial charge in [0.1, 0.15) is 0 Å². The number of benzene rings is 7. The van der Waals surface area contributed by atoms with Crippen LogP contribution in [-0.4, -0.2) is 10.6 Å². The zero-order valence-corrected chi connectivity index (χ0v) is 27.5. The van der Waals surface area contributed by atoms with Crippen LogP contribution in [-0.2, 0) is 0 Å². The second kappa shape index (κ2) is 11.6. The van der Waals surface area contributed by atoms with Crippen molar-refractivity contribution in [1.29, 1.82) is 0 Å². The van der Waals surface area contributed by atoms with E-state index < -0.39 is 0 Å². The summed E-state index contributed by atoms with van der Waals surface area (Å²) in [5.74, 6) is 0.179. The van der Waals surface area contributed by atoms with Gasteiger partial charge in [0.25, 0.3) is 0 Å². The summed E-state index contributed by atoms with van der Waals surface area (Å²) in [5.41, 5.74) is 16.3. The first-order chi connectivity index (χ1) is 24.8. The molecule has 0 bridgehead atoms. The first kappa shape index (κ1) is 28.6. The number of hydrogen-bond acceptors (Lipinski definition) is 1. The largest absolute Gasteiger partial charge is 0.333 e. The van der Waals surface area contributed by atoms with Crippen molar-refractivity contribution < 1.29 is 0 Å². The fourth-order valence-corrected chi connectivity index (χ4v) is 8.43. The topological polar surface area (TPSA) is 8.17 Å². The quantitative estimate of drug-likeness (QED) is 0.182. The van der Waals surface area contributed by atoms with Crippen LogP contribution in [0.1, 0.15) is 22.7 Å². The van der Waals surface area contributed by atoms with Gasteiger partial charge >= 0.3 is 0 Å². The molecule has 0 spiro atoms. The lowest BCUT2D eigenvalue weighted by Crippen LogP contribution is -2.31. The SMILES string of the molecule is C1=CC2C(c3ccccc3N2c2ccccc2-c2ccccc2)c2c1n(-c1ccccc1-c1ccc(-c3ccccc3)cc1)c1ccccc21. The highest BCUT2D eigenvalue weighted by Crippen LogP contribution is 2.55. The minimum absolute atomic E-state index is 0.143. The summed E-state index contributed by atoms with van der Waals surface area (Å²) < 4.78 is 2.50. The van der Waals surface area contributed by atoms with Crippen LogP contribution in [0.4, 0.5) is 11.4 Å². The number of anilines is 2. The second-order valence-electron chi connectivity index (χ2n) is 13.3. The first-order valence-corrected chi connectivity index (χ1v) is 17.4. The molecule has 1 aromatic heterocycles. The highest BCUT2D eigenvalue weighted by atomic mass is 15.2. The molecule has 0 saturated carbocycles. The van der Waals surface area contributed by atoms with E-state index >= 15 is 0 Å². The van der Waals surface area contributed by atoms with Crippen LogP contribution < -0.4 is 4.90 Å². The molecule has 2 heterocycles. The van der Waals surface area contributed by atoms with Crippen LogP contribution in [0, 0.1) is 0 Å². The van der Waals surface area contributed by atoms with Gasteiger partial charge < -0.3 is 9.47 Å². The van der Waals surface area contributed by atoms with Crippen molar-refractivity contribution in [1.82, 2.24) is 4.57 Å². The van der Waals surface area contributed by atoms with E-state index in [0.717, 1.165) is 0 Å². The number of rotatable bonds is 5. The van der Waals surface area contributed by atoms with Crippen LogP contribution in [0.2, 0.25) is 0 Å². The summed E-state index contributed by atoms with van der Waals surface area (Å²) in [5, 5.41) is 1.31. The molecular formula is C48H34N2. The lowest BCUT2D eigenvalue weighted by molar-refractivity contribution is 0.726. The average Bonchev–Trinajstić information content (AvgIpc) is 3.71.